The third kappa shape index (κ3) is 3.44. The van der Waals surface area contributed by atoms with Crippen molar-refractivity contribution in [3.05, 3.63) is 48.0 Å². The van der Waals surface area contributed by atoms with Gasteiger partial charge in [0.2, 0.25) is 0 Å². The van der Waals surface area contributed by atoms with E-state index in [-0.39, 0.29) is 0 Å². The van der Waals surface area contributed by atoms with Crippen molar-refractivity contribution in [2.75, 3.05) is 0 Å². The van der Waals surface area contributed by atoms with E-state index in [9.17, 15) is 0 Å². The van der Waals surface area contributed by atoms with Crippen LogP contribution in [0.15, 0.2) is 30.3 Å². The van der Waals surface area contributed by atoms with Crippen molar-refractivity contribution < 1.29 is 0 Å². The van der Waals surface area contributed by atoms with Gasteiger partial charge < -0.3 is 0 Å². The van der Waals surface area contributed by atoms with Gasteiger partial charge in [-0.15, -0.1) is 0 Å². The third-order valence-corrected chi connectivity index (χ3v) is 3.15. The summed E-state index contributed by atoms with van der Waals surface area (Å²) in [5.74, 6) is 0. The molecule has 1 radical (unpaired) electrons. The van der Waals surface area contributed by atoms with Gasteiger partial charge in [-0.05, 0) is 42.7 Å². The lowest BCUT2D eigenvalue weighted by atomic mass is 10.0. The van der Waals surface area contributed by atoms with Crippen LogP contribution in [0, 0.1) is 6.92 Å². The van der Waals surface area contributed by atoms with Crippen LogP contribution in [0.5, 0.6) is 0 Å². The number of nitrogens with zero attached hydrogens (tertiary/aromatic N) is 1. The first-order chi connectivity index (χ1) is 8.29. The van der Waals surface area contributed by atoms with Gasteiger partial charge in [-0.3, -0.25) is 0 Å². The Balaban J connectivity index is 2.07. The van der Waals surface area contributed by atoms with Crippen molar-refractivity contribution in [3.8, 4) is 0 Å². The van der Waals surface area contributed by atoms with Crippen LogP contribution in [-0.2, 0) is 6.42 Å². The molecule has 1 nitrogen and oxygen atoms in total. The summed E-state index contributed by atoms with van der Waals surface area (Å²) in [5.41, 5.74) is 2.35. The Hall–Kier alpha value is -1.08. The largest absolute Gasteiger partial charge is 0.236 e. The lowest BCUT2D eigenvalue weighted by Gasteiger charge is -2.03. The quantitative estimate of drug-likeness (QED) is 0.544. The molecule has 1 heterocycles. The summed E-state index contributed by atoms with van der Waals surface area (Å²) in [6.45, 7) is 3.86. The molecule has 0 aliphatic rings. The second-order valence-corrected chi connectivity index (χ2v) is 4.71. The van der Waals surface area contributed by atoms with E-state index in [0.29, 0.717) is 5.15 Å². The van der Waals surface area contributed by atoms with E-state index >= 15 is 0 Å². The molecule has 0 spiro atoms. The van der Waals surface area contributed by atoms with Crippen LogP contribution in [0.25, 0.3) is 10.9 Å². The molecule has 2 rings (SSSR count). The van der Waals surface area contributed by atoms with Crippen LogP contribution in [0.3, 0.4) is 0 Å². The number of fused-ring (bicyclic) bond motifs is 1. The molecule has 0 saturated carbocycles. The average molecular weight is 247 g/mol. The molecular formula is C15H17ClN. The summed E-state index contributed by atoms with van der Waals surface area (Å²) in [6.07, 6.45) is 5.91. The third-order valence-electron chi connectivity index (χ3n) is 2.94. The van der Waals surface area contributed by atoms with Crippen molar-refractivity contribution in [1.82, 2.24) is 4.98 Å². The van der Waals surface area contributed by atoms with Gasteiger partial charge >= 0.3 is 0 Å². The molecule has 0 aliphatic carbocycles. The normalized spacial score (nSPS) is 10.9. The first kappa shape index (κ1) is 12.4. The maximum atomic E-state index is 5.86. The lowest BCUT2D eigenvalue weighted by Crippen LogP contribution is -1.87. The second kappa shape index (κ2) is 6.02. The van der Waals surface area contributed by atoms with E-state index in [1.807, 2.05) is 12.1 Å². The first-order valence-electron chi connectivity index (χ1n) is 6.14. The molecule has 0 aliphatic heterocycles. The van der Waals surface area contributed by atoms with Crippen molar-refractivity contribution >= 4 is 22.5 Å². The minimum Gasteiger partial charge on any atom is -0.236 e. The number of halogens is 1. The van der Waals surface area contributed by atoms with Gasteiger partial charge in [-0.2, -0.15) is 0 Å². The number of hydrogen-bond acceptors (Lipinski definition) is 1. The van der Waals surface area contributed by atoms with Gasteiger partial charge in [0, 0.05) is 5.39 Å². The molecule has 1 aromatic heterocycles. The monoisotopic (exact) mass is 246 g/mol. The van der Waals surface area contributed by atoms with Gasteiger partial charge in [0.25, 0.3) is 0 Å². The molecule has 2 heteroatoms. The summed E-state index contributed by atoms with van der Waals surface area (Å²) in [5, 5.41) is 1.73. The van der Waals surface area contributed by atoms with E-state index in [1.54, 1.807) is 0 Å². The molecule has 0 saturated heterocycles. The Morgan fingerprint density at radius 3 is 2.76 bits per heavy atom. The zero-order valence-corrected chi connectivity index (χ0v) is 10.7. The Bertz CT molecular complexity index is 493. The fourth-order valence-electron chi connectivity index (χ4n) is 1.99. The Morgan fingerprint density at radius 2 is 1.94 bits per heavy atom. The van der Waals surface area contributed by atoms with E-state index in [4.69, 9.17) is 11.6 Å². The molecule has 89 valence electrons. The Labute approximate surface area is 108 Å². The van der Waals surface area contributed by atoms with Crippen molar-refractivity contribution in [2.45, 2.75) is 32.1 Å². The topological polar surface area (TPSA) is 12.9 Å². The van der Waals surface area contributed by atoms with E-state index in [1.165, 1.54) is 30.2 Å². The molecule has 0 unspecified atom stereocenters. The van der Waals surface area contributed by atoms with Gasteiger partial charge in [0.1, 0.15) is 5.15 Å². The van der Waals surface area contributed by atoms with E-state index in [2.05, 4.69) is 30.1 Å². The van der Waals surface area contributed by atoms with Crippen LogP contribution < -0.4 is 0 Å². The first-order valence-corrected chi connectivity index (χ1v) is 6.52. The summed E-state index contributed by atoms with van der Waals surface area (Å²) in [7, 11) is 0. The highest BCUT2D eigenvalue weighted by Gasteiger charge is 1.99. The van der Waals surface area contributed by atoms with Crippen molar-refractivity contribution in [1.29, 1.82) is 0 Å². The minimum atomic E-state index is 0.556. The number of aryl methyl sites for hydroxylation is 1. The molecule has 2 aromatic rings. The fourth-order valence-corrected chi connectivity index (χ4v) is 2.14. The van der Waals surface area contributed by atoms with E-state index in [0.717, 1.165) is 18.4 Å². The Morgan fingerprint density at radius 1 is 1.06 bits per heavy atom. The van der Waals surface area contributed by atoms with Gasteiger partial charge in [-0.1, -0.05) is 43.9 Å². The second-order valence-electron chi connectivity index (χ2n) is 4.33. The molecular weight excluding hydrogens is 230 g/mol. The summed E-state index contributed by atoms with van der Waals surface area (Å²) >= 11 is 5.86. The lowest BCUT2D eigenvalue weighted by molar-refractivity contribution is 0.686. The van der Waals surface area contributed by atoms with Gasteiger partial charge in [-0.25, -0.2) is 4.98 Å². The van der Waals surface area contributed by atoms with Crippen molar-refractivity contribution in [3.63, 3.8) is 0 Å². The van der Waals surface area contributed by atoms with Gasteiger partial charge in [0.05, 0.1) is 5.52 Å². The number of benzene rings is 1. The fraction of sp³-hybridized carbons (Fsp3) is 0.333. The molecule has 0 bridgehead atoms. The van der Waals surface area contributed by atoms with Crippen LogP contribution >= 0.6 is 11.6 Å². The molecule has 0 N–H and O–H groups in total. The highest BCUT2D eigenvalue weighted by Crippen LogP contribution is 2.18. The zero-order valence-electron chi connectivity index (χ0n) is 9.95. The predicted molar refractivity (Wildman–Crippen MR) is 74.3 cm³/mol. The van der Waals surface area contributed by atoms with Crippen LogP contribution in [0.2, 0.25) is 5.15 Å². The van der Waals surface area contributed by atoms with E-state index < -0.39 is 0 Å². The molecule has 0 atom stereocenters. The number of unbranched alkanes of at least 4 members (excludes halogenated alkanes) is 3. The number of aromatic nitrogens is 1. The van der Waals surface area contributed by atoms with Crippen LogP contribution in [0.1, 0.15) is 31.2 Å². The molecule has 0 fully saturated rings. The summed E-state index contributed by atoms with van der Waals surface area (Å²) in [4.78, 5) is 4.28. The number of rotatable bonds is 5. The molecule has 1 aromatic carbocycles. The maximum absolute atomic E-state index is 5.86. The smallest absolute Gasteiger partial charge is 0.129 e. The van der Waals surface area contributed by atoms with Crippen LogP contribution in [0.4, 0.5) is 0 Å². The molecule has 17 heavy (non-hydrogen) atoms. The highest BCUT2D eigenvalue weighted by atomic mass is 35.5. The minimum absolute atomic E-state index is 0.556. The maximum Gasteiger partial charge on any atom is 0.129 e. The standard InChI is InChI=1S/C15H17ClN/c1-2-3-4-5-6-12-7-9-14-13(11-12)8-10-15(16)17-14/h7-11H,1-6H2. The summed E-state index contributed by atoms with van der Waals surface area (Å²) in [6, 6.07) is 10.3. The Kier molecular flexibility index (Phi) is 4.38. The SMILES string of the molecule is [CH2]CCCCCc1ccc2nc(Cl)ccc2c1. The number of pyridine rings is 1. The zero-order chi connectivity index (χ0) is 12.1. The van der Waals surface area contributed by atoms with Crippen molar-refractivity contribution in [2.24, 2.45) is 0 Å². The summed E-state index contributed by atoms with van der Waals surface area (Å²) < 4.78 is 0. The molecule has 0 amide bonds. The average Bonchev–Trinajstić information content (AvgIpc) is 2.35. The predicted octanol–water partition coefficient (Wildman–Crippen LogP) is 4.83. The number of hydrogen-bond donors (Lipinski definition) is 0. The van der Waals surface area contributed by atoms with Crippen LogP contribution in [-0.4, -0.2) is 4.98 Å². The van der Waals surface area contributed by atoms with Gasteiger partial charge in [0.15, 0.2) is 0 Å². The highest BCUT2D eigenvalue weighted by molar-refractivity contribution is 6.29.